The number of nitrogens with zero attached hydrogens (tertiary/aromatic N) is 4. The molecule has 0 bridgehead atoms. The van der Waals surface area contributed by atoms with Crippen molar-refractivity contribution in [3.8, 4) is 45.7 Å². The molecular weight excluding hydrogens is 1090 g/mol. The van der Waals surface area contributed by atoms with Gasteiger partial charge in [-0.05, 0) is 134 Å². The Morgan fingerprint density at radius 2 is 0.910 bits per heavy atom. The van der Waals surface area contributed by atoms with Crippen molar-refractivity contribution in [1.82, 2.24) is 13.7 Å². The molecule has 10 aromatic carbocycles. The van der Waals surface area contributed by atoms with E-state index in [2.05, 4.69) is 224 Å². The first-order chi connectivity index (χ1) is 45.9. The van der Waals surface area contributed by atoms with Crippen LogP contribution in [0, 0.1) is 0 Å². The molecule has 0 unspecified atom stereocenters. The summed E-state index contributed by atoms with van der Waals surface area (Å²) in [7, 11) is 0. The zero-order valence-electron chi connectivity index (χ0n) is 60.1. The van der Waals surface area contributed by atoms with Crippen LogP contribution >= 0.6 is 0 Å². The van der Waals surface area contributed by atoms with Gasteiger partial charge in [0.05, 0.1) is 44.1 Å². The van der Waals surface area contributed by atoms with Gasteiger partial charge in [0.25, 0.3) is 6.71 Å². The highest BCUT2D eigenvalue weighted by atomic mass is 16.5. The fourth-order valence-electron chi connectivity index (χ4n) is 14.1. The van der Waals surface area contributed by atoms with Crippen LogP contribution in [0.5, 0.6) is 23.0 Å². The van der Waals surface area contributed by atoms with Gasteiger partial charge in [-0.1, -0.05) is 180 Å². The van der Waals surface area contributed by atoms with E-state index < -0.39 is 43.0 Å². The van der Waals surface area contributed by atoms with Gasteiger partial charge in [-0.15, -0.1) is 0 Å². The van der Waals surface area contributed by atoms with Gasteiger partial charge in [-0.25, -0.2) is 0 Å². The molecule has 0 saturated heterocycles. The van der Waals surface area contributed by atoms with E-state index in [9.17, 15) is 2.74 Å². The average molecular weight is 1170 g/mol. The number of pyridine rings is 1. The Bertz CT molecular complexity index is 5920. The number of fused-ring (bicyclic) bond motifs is 17. The Labute approximate surface area is 530 Å². The van der Waals surface area contributed by atoms with E-state index in [1.54, 1.807) is 4.57 Å². The van der Waals surface area contributed by atoms with Gasteiger partial charge in [0.15, 0.2) is 12.4 Å². The van der Waals surface area contributed by atoms with Crippen molar-refractivity contribution in [2.24, 2.45) is 0 Å². The van der Waals surface area contributed by atoms with Crippen LogP contribution in [-0.4, -0.2) is 20.4 Å². The minimum absolute atomic E-state index is 0.00575. The molecule has 0 spiro atoms. The van der Waals surface area contributed by atoms with Crippen LogP contribution in [0.3, 0.4) is 0 Å². The molecule has 0 atom stereocenters. The number of benzene rings is 10. The molecule has 0 amide bonds. The molecule has 0 N–H and O–H groups in total. The lowest BCUT2D eigenvalue weighted by atomic mass is 9.34. The number of ether oxygens (including phenoxy) is 2. The third kappa shape index (κ3) is 8.07. The summed E-state index contributed by atoms with van der Waals surface area (Å²) in [6.07, 6.45) is 4.50. The Morgan fingerprint density at radius 3 is 1.52 bits per heavy atom. The van der Waals surface area contributed by atoms with E-state index in [1.807, 2.05) is 30.3 Å². The van der Waals surface area contributed by atoms with Crippen LogP contribution < -0.4 is 30.4 Å². The summed E-state index contributed by atoms with van der Waals surface area (Å²) in [6, 6.07) is 48.6. The molecule has 2 aliphatic heterocycles. The second-order valence-corrected chi connectivity index (χ2v) is 28.7. The predicted octanol–water partition coefficient (Wildman–Crippen LogP) is 19.1. The third-order valence-corrected chi connectivity index (χ3v) is 18.9. The zero-order valence-corrected chi connectivity index (χ0v) is 52.1. The van der Waals surface area contributed by atoms with Crippen LogP contribution in [0.4, 0.5) is 0 Å². The number of para-hydroxylation sites is 3. The van der Waals surface area contributed by atoms with Crippen molar-refractivity contribution in [1.29, 1.82) is 0 Å². The highest BCUT2D eigenvalue weighted by Gasteiger charge is 2.42. The van der Waals surface area contributed by atoms with Crippen molar-refractivity contribution < 1.29 is 29.4 Å². The molecule has 0 saturated carbocycles. The minimum atomic E-state index is -0.499. The summed E-state index contributed by atoms with van der Waals surface area (Å²) in [5, 5.41) is 6.67. The number of furan rings is 1. The molecule has 7 heterocycles. The summed E-state index contributed by atoms with van der Waals surface area (Å²) in [6.45, 7) is 26.4. The molecular formula is C81H70BN4O3+. The fourth-order valence-corrected chi connectivity index (χ4v) is 14.1. The summed E-state index contributed by atoms with van der Waals surface area (Å²) in [5.74, 6) is 2.40. The summed E-state index contributed by atoms with van der Waals surface area (Å²) >= 11 is 0. The number of hydrogen-bond acceptors (Lipinski definition) is 3. The highest BCUT2D eigenvalue weighted by Crippen LogP contribution is 2.45. The van der Waals surface area contributed by atoms with Crippen LogP contribution in [0.1, 0.15) is 116 Å². The Hall–Kier alpha value is -9.79. The van der Waals surface area contributed by atoms with Crippen LogP contribution in [0.25, 0.3) is 110 Å². The first kappa shape index (κ1) is 45.5. The van der Waals surface area contributed by atoms with E-state index in [-0.39, 0.29) is 55.6 Å². The van der Waals surface area contributed by atoms with E-state index in [0.717, 1.165) is 105 Å². The van der Waals surface area contributed by atoms with Gasteiger partial charge < -0.3 is 27.6 Å². The van der Waals surface area contributed by atoms with Crippen LogP contribution in [0.15, 0.2) is 211 Å². The van der Waals surface area contributed by atoms with Crippen molar-refractivity contribution >= 4 is 110 Å². The maximum absolute atomic E-state index is 9.34. The normalized spacial score (nSPS) is 14.8. The molecule has 2 aliphatic rings. The molecule has 15 aromatic rings. The van der Waals surface area contributed by atoms with E-state index in [0.29, 0.717) is 28.7 Å². The lowest BCUT2D eigenvalue weighted by molar-refractivity contribution is -0.595. The average Bonchev–Trinajstić information content (AvgIpc) is 1.67. The molecule has 0 aliphatic carbocycles. The predicted molar refractivity (Wildman–Crippen MR) is 371 cm³/mol. The third-order valence-electron chi connectivity index (χ3n) is 18.9. The Morgan fingerprint density at radius 1 is 0.371 bits per heavy atom. The lowest BCUT2D eigenvalue weighted by Crippen LogP contribution is -2.58. The summed E-state index contributed by atoms with van der Waals surface area (Å²) in [5.41, 5.74) is 15.5. The van der Waals surface area contributed by atoms with Gasteiger partial charge in [0, 0.05) is 72.4 Å². The monoisotopic (exact) mass is 1170 g/mol. The lowest BCUT2D eigenvalue weighted by Gasteiger charge is -2.34. The molecule has 5 aromatic heterocycles. The highest BCUT2D eigenvalue weighted by molar-refractivity contribution is 6.98. The first-order valence-corrected chi connectivity index (χ1v) is 30.8. The van der Waals surface area contributed by atoms with E-state index in [1.165, 1.54) is 16.7 Å². The number of aromatic nitrogens is 4. The summed E-state index contributed by atoms with van der Waals surface area (Å²) in [4.78, 5) is 0. The number of rotatable bonds is 4. The van der Waals surface area contributed by atoms with Crippen molar-refractivity contribution in [2.75, 3.05) is 0 Å². The second kappa shape index (κ2) is 18.4. The van der Waals surface area contributed by atoms with Crippen molar-refractivity contribution in [2.45, 2.75) is 105 Å². The van der Waals surface area contributed by atoms with Gasteiger partial charge in [-0.2, -0.15) is 4.57 Å². The smallest absolute Gasteiger partial charge is 0.260 e. The quantitative estimate of drug-likeness (QED) is 0.130. The number of hydrogen-bond donors (Lipinski definition) is 0. The molecule has 0 fully saturated rings. The topological polar surface area (TPSA) is 50.3 Å². The van der Waals surface area contributed by atoms with Gasteiger partial charge in [0.2, 0.25) is 5.69 Å². The molecule has 7 nitrogen and oxygen atoms in total. The maximum atomic E-state index is 9.34. The van der Waals surface area contributed by atoms with Gasteiger partial charge in [0.1, 0.15) is 45.5 Å². The van der Waals surface area contributed by atoms with Crippen LogP contribution in [0.2, 0.25) is 0 Å². The maximum Gasteiger partial charge on any atom is 0.260 e. The Kier molecular flexibility index (Phi) is 9.40. The van der Waals surface area contributed by atoms with Crippen molar-refractivity contribution in [3.63, 3.8) is 0 Å². The molecule has 8 heteroatoms. The standard InChI is InChI=1S/C81H70BN4O3/c1-78(2,3)47-25-30-57-58-31-26-48(79(4,5)6)38-67(58)86(66(57)37-47)54-42-53(85-65-34-36-71-76(60-21-15-18-24-69(60)87-71)75(65)59-32-27-49(39-68(59)85)80(7,8)9)45-83(46-54)51-29-35-70-62(43-51)82-61-33-28-52(84-63-22-16-13-19-55(63)56-20-14-17-23-64(56)84)44-72(61)89-74-41-50(81(10,11)12)40-73(88-70)77(74)82/h13-46H,1-12H3/q+1/i13D,14D,16D,17D,19D,20D,22D,23D. The SMILES string of the molecule is [2H]c1c([2H])c([2H])c2c(c1[2H])c1c([2H])c([2H])c([2H])c([2H])c1n2-c1ccc2c(c1)Oc1cc(C(C)(C)C)cc3c1B2c1cc(-[n+]2cc(-n4c5cc(C(C)(C)C)ccc5c5ccc(C(C)(C)C)cc54)cc(-n4c5cc(C(C)(C)C)ccc5c5c6c(ccc54)oc4ccccc46)c2)ccc1O3. The fraction of sp³-hybridized carbons (Fsp3) is 0.198. The Balaban J connectivity index is 0.945. The van der Waals surface area contributed by atoms with Gasteiger partial charge in [-0.3, -0.25) is 0 Å². The largest absolute Gasteiger partial charge is 0.458 e. The summed E-state index contributed by atoms with van der Waals surface area (Å²) < 4.78 is 102. The first-order valence-electron chi connectivity index (χ1n) is 34.8. The molecule has 0 radical (unpaired) electrons. The minimum Gasteiger partial charge on any atom is -0.458 e. The molecule has 17 rings (SSSR count). The van der Waals surface area contributed by atoms with E-state index >= 15 is 0 Å². The molecule has 89 heavy (non-hydrogen) atoms. The van der Waals surface area contributed by atoms with Gasteiger partial charge >= 0.3 is 0 Å². The van der Waals surface area contributed by atoms with E-state index in [4.69, 9.17) is 22.1 Å². The zero-order chi connectivity index (χ0) is 67.9. The van der Waals surface area contributed by atoms with Crippen LogP contribution in [-0.2, 0) is 21.7 Å². The van der Waals surface area contributed by atoms with Crippen molar-refractivity contribution in [3.05, 3.63) is 229 Å². The molecule has 434 valence electrons. The second-order valence-electron chi connectivity index (χ2n) is 28.7.